The van der Waals surface area contributed by atoms with Crippen LogP contribution in [0.15, 0.2) is 175 Å². The summed E-state index contributed by atoms with van der Waals surface area (Å²) in [7, 11) is 0. The van der Waals surface area contributed by atoms with Gasteiger partial charge in [-0.05, 0) is 65.0 Å². The Morgan fingerprint density at radius 3 is 1.93 bits per heavy atom. The lowest BCUT2D eigenvalue weighted by molar-refractivity contribution is 1.24. The molecule has 0 amide bonds. The first-order chi connectivity index (χ1) is 27.2. The lowest BCUT2D eigenvalue weighted by atomic mass is 9.94. The number of hydrogen-bond donors (Lipinski definition) is 2. The first kappa shape index (κ1) is 32.6. The van der Waals surface area contributed by atoms with Crippen molar-refractivity contribution in [2.75, 3.05) is 10.6 Å². The average molecular weight is 773 g/mol. The van der Waals surface area contributed by atoms with Crippen LogP contribution in [0.4, 0.5) is 23.0 Å². The molecule has 7 nitrogen and oxygen atoms in total. The molecule has 2 N–H and O–H groups in total. The maximum Gasteiger partial charge on any atom is 0.141 e. The SMILES string of the molecule is Brc1ccccc1.c1ccc(-c2cccc3c2nc2c4c(ccnc43)-c3ccccc3N2)cc1.c1cnc2c(c1)Nc1nc3ccccc3c3ccnc-2c13. The highest BCUT2D eigenvalue weighted by Crippen LogP contribution is 2.45. The highest BCUT2D eigenvalue weighted by Gasteiger charge is 2.23. The van der Waals surface area contributed by atoms with E-state index in [1.165, 1.54) is 11.1 Å². The number of hydrogen-bond acceptors (Lipinski definition) is 7. The van der Waals surface area contributed by atoms with Crippen molar-refractivity contribution in [3.8, 4) is 33.6 Å². The quantitative estimate of drug-likeness (QED) is 0.161. The van der Waals surface area contributed by atoms with Gasteiger partial charge in [0.2, 0.25) is 0 Å². The molecule has 0 saturated carbocycles. The Hall–Kier alpha value is -7.03. The Labute approximate surface area is 325 Å². The van der Waals surface area contributed by atoms with Crippen LogP contribution in [0.25, 0.3) is 77.1 Å². The van der Waals surface area contributed by atoms with E-state index < -0.39 is 0 Å². The monoisotopic (exact) mass is 771 g/mol. The van der Waals surface area contributed by atoms with Gasteiger partial charge in [0.1, 0.15) is 23.0 Å². The number of anilines is 4. The molecule has 0 spiro atoms. The molecule has 5 aromatic carbocycles. The van der Waals surface area contributed by atoms with Crippen molar-refractivity contribution >= 4 is 82.4 Å². The number of fused-ring (bicyclic) bond motifs is 8. The first-order valence-electron chi connectivity index (χ1n) is 17.9. The summed E-state index contributed by atoms with van der Waals surface area (Å²) in [5, 5.41) is 12.4. The van der Waals surface area contributed by atoms with Crippen molar-refractivity contribution in [1.82, 2.24) is 24.9 Å². The number of nitrogens with zero attached hydrogens (tertiary/aromatic N) is 5. The average Bonchev–Trinajstić information content (AvgIpc) is 3.25. The van der Waals surface area contributed by atoms with E-state index >= 15 is 0 Å². The van der Waals surface area contributed by atoms with Crippen LogP contribution in [0, 0.1) is 0 Å². The molecular formula is C47H30BrN7. The molecule has 2 aliphatic rings. The summed E-state index contributed by atoms with van der Waals surface area (Å²) in [5.41, 5.74) is 11.4. The molecule has 8 heteroatoms. The van der Waals surface area contributed by atoms with Crippen LogP contribution in [0.1, 0.15) is 0 Å². The Balaban J connectivity index is 0.000000118. The Morgan fingerprint density at radius 2 is 1.07 bits per heavy atom. The summed E-state index contributed by atoms with van der Waals surface area (Å²) in [4.78, 5) is 23.6. The second-order valence-electron chi connectivity index (χ2n) is 13.2. The molecule has 2 aliphatic heterocycles. The van der Waals surface area contributed by atoms with Gasteiger partial charge >= 0.3 is 0 Å². The Morgan fingerprint density at radius 1 is 0.400 bits per heavy atom. The number of pyridine rings is 5. The zero-order chi connectivity index (χ0) is 36.7. The molecule has 10 aromatic rings. The van der Waals surface area contributed by atoms with Gasteiger partial charge in [-0.25, -0.2) is 9.97 Å². The molecule has 260 valence electrons. The minimum atomic E-state index is 0.854. The van der Waals surface area contributed by atoms with Crippen LogP contribution in [0.5, 0.6) is 0 Å². The zero-order valence-electron chi connectivity index (χ0n) is 29.3. The van der Waals surface area contributed by atoms with Crippen LogP contribution in [-0.4, -0.2) is 24.9 Å². The van der Waals surface area contributed by atoms with Gasteiger partial charge in [0.15, 0.2) is 0 Å². The number of halogens is 1. The van der Waals surface area contributed by atoms with Crippen LogP contribution in [0.2, 0.25) is 0 Å². The van der Waals surface area contributed by atoms with E-state index in [2.05, 4.69) is 109 Å². The smallest absolute Gasteiger partial charge is 0.141 e. The zero-order valence-corrected chi connectivity index (χ0v) is 30.9. The maximum absolute atomic E-state index is 5.06. The van der Waals surface area contributed by atoms with Crippen LogP contribution in [0.3, 0.4) is 0 Å². The van der Waals surface area contributed by atoms with Crippen LogP contribution < -0.4 is 10.6 Å². The fourth-order valence-corrected chi connectivity index (χ4v) is 7.76. The molecule has 0 saturated heterocycles. The summed E-state index contributed by atoms with van der Waals surface area (Å²) < 4.78 is 1.13. The molecule has 0 atom stereocenters. The molecule has 7 heterocycles. The molecule has 0 fully saturated rings. The van der Waals surface area contributed by atoms with Crippen molar-refractivity contribution in [1.29, 1.82) is 0 Å². The van der Waals surface area contributed by atoms with Gasteiger partial charge < -0.3 is 10.6 Å². The minimum absolute atomic E-state index is 0.854. The lowest BCUT2D eigenvalue weighted by Crippen LogP contribution is -2.06. The molecule has 12 rings (SSSR count). The van der Waals surface area contributed by atoms with Crippen molar-refractivity contribution < 1.29 is 0 Å². The summed E-state index contributed by atoms with van der Waals surface area (Å²) in [6.45, 7) is 0. The maximum atomic E-state index is 5.06. The van der Waals surface area contributed by atoms with E-state index in [4.69, 9.17) is 15.0 Å². The van der Waals surface area contributed by atoms with E-state index in [0.29, 0.717) is 0 Å². The second-order valence-corrected chi connectivity index (χ2v) is 14.1. The fraction of sp³-hybridized carbons (Fsp3) is 0. The van der Waals surface area contributed by atoms with E-state index in [1.807, 2.05) is 91.3 Å². The van der Waals surface area contributed by atoms with Crippen LogP contribution in [-0.2, 0) is 0 Å². The van der Waals surface area contributed by atoms with Crippen molar-refractivity contribution in [2.24, 2.45) is 0 Å². The molecule has 0 radical (unpaired) electrons. The fourth-order valence-electron chi connectivity index (χ4n) is 7.46. The third-order valence-electron chi connectivity index (χ3n) is 9.89. The van der Waals surface area contributed by atoms with Gasteiger partial charge in [0.25, 0.3) is 0 Å². The van der Waals surface area contributed by atoms with Crippen molar-refractivity contribution in [3.05, 3.63) is 175 Å². The third kappa shape index (κ3) is 5.80. The first-order valence-corrected chi connectivity index (χ1v) is 18.7. The summed E-state index contributed by atoms with van der Waals surface area (Å²) >= 11 is 3.31. The number of benzene rings is 5. The number of aromatic nitrogens is 5. The largest absolute Gasteiger partial charge is 0.339 e. The van der Waals surface area contributed by atoms with E-state index in [0.717, 1.165) is 93.5 Å². The predicted molar refractivity (Wildman–Crippen MR) is 229 cm³/mol. The van der Waals surface area contributed by atoms with Gasteiger partial charge in [-0.3, -0.25) is 15.0 Å². The number of rotatable bonds is 1. The number of nitrogens with one attached hydrogen (secondary N) is 2. The highest BCUT2D eigenvalue weighted by molar-refractivity contribution is 9.10. The molecule has 5 aromatic heterocycles. The third-order valence-corrected chi connectivity index (χ3v) is 10.4. The summed E-state index contributed by atoms with van der Waals surface area (Å²) in [6, 6.07) is 51.3. The normalized spacial score (nSPS) is 11.7. The number of para-hydroxylation sites is 3. The van der Waals surface area contributed by atoms with Gasteiger partial charge in [-0.1, -0.05) is 119 Å². The molecule has 0 aliphatic carbocycles. The minimum Gasteiger partial charge on any atom is -0.339 e. The van der Waals surface area contributed by atoms with Crippen molar-refractivity contribution in [2.45, 2.75) is 0 Å². The topological polar surface area (TPSA) is 88.5 Å². The van der Waals surface area contributed by atoms with Gasteiger partial charge in [0.05, 0.1) is 33.0 Å². The highest BCUT2D eigenvalue weighted by atomic mass is 79.9. The van der Waals surface area contributed by atoms with Gasteiger partial charge in [-0.15, -0.1) is 0 Å². The second kappa shape index (κ2) is 13.7. The van der Waals surface area contributed by atoms with Crippen LogP contribution >= 0.6 is 15.9 Å². The van der Waals surface area contributed by atoms with E-state index in [-0.39, 0.29) is 0 Å². The van der Waals surface area contributed by atoms with Crippen molar-refractivity contribution in [3.63, 3.8) is 0 Å². The standard InChI is InChI=1S/C24H15N3.C17H10N4.C6H5Br/c1-2-7-15(8-3-1)16-10-6-11-19-22(16)27-24-21-18(13-14-25-23(19)21)17-9-4-5-12-20(17)26-24;1-2-5-12-10(4-1)11-7-9-19-16-14(11)17(20-12)21-13-6-3-8-18-15(13)16;7-6-4-2-1-3-5-6/h1-14H,(H,26,27);1-9H,(H,20,21);1-5H. The van der Waals surface area contributed by atoms with E-state index in [1.54, 1.807) is 6.20 Å². The lowest BCUT2D eigenvalue weighted by Gasteiger charge is -2.22. The van der Waals surface area contributed by atoms with Gasteiger partial charge in [-0.2, -0.15) is 0 Å². The molecule has 0 bridgehead atoms. The predicted octanol–water partition coefficient (Wildman–Crippen LogP) is 12.5. The Kier molecular flexibility index (Phi) is 8.15. The summed E-state index contributed by atoms with van der Waals surface area (Å²) in [6.07, 6.45) is 5.54. The van der Waals surface area contributed by atoms with E-state index in [9.17, 15) is 0 Å². The Bertz CT molecular complexity index is 3060. The molecule has 55 heavy (non-hydrogen) atoms. The molecular weight excluding hydrogens is 742 g/mol. The molecule has 0 unspecified atom stereocenters. The summed E-state index contributed by atoms with van der Waals surface area (Å²) in [5.74, 6) is 1.73. The van der Waals surface area contributed by atoms with Gasteiger partial charge in [0, 0.05) is 50.6 Å².